The van der Waals surface area contributed by atoms with Gasteiger partial charge in [-0.1, -0.05) is 84.9 Å². The number of fused-ring (bicyclic) bond motifs is 4. The van der Waals surface area contributed by atoms with E-state index in [1.54, 1.807) is 66.7 Å². The minimum atomic E-state index is -4.70. The number of phenolic OH excluding ortho intramolecular Hbond substituents is 1. The Bertz CT molecular complexity index is 4020. The first kappa shape index (κ1) is 45.2. The Balaban J connectivity index is 1.06. The van der Waals surface area contributed by atoms with E-state index in [-0.39, 0.29) is 73.1 Å². The van der Waals surface area contributed by atoms with Crippen LogP contribution < -0.4 is 0 Å². The molecule has 68 heavy (non-hydrogen) atoms. The van der Waals surface area contributed by atoms with Gasteiger partial charge in [-0.2, -0.15) is 30.4 Å². The third kappa shape index (κ3) is 9.35. The summed E-state index contributed by atoms with van der Waals surface area (Å²) in [7, 11) is -14.0. The van der Waals surface area contributed by atoms with Crippen LogP contribution in [-0.4, -0.2) is 49.8 Å². The molecule has 0 radical (unpaired) electrons. The van der Waals surface area contributed by atoms with Crippen LogP contribution >= 0.6 is 0 Å². The van der Waals surface area contributed by atoms with E-state index in [4.69, 9.17) is 0 Å². The van der Waals surface area contributed by atoms with Crippen LogP contribution in [-0.2, 0) is 36.8 Å². The fourth-order valence-electron chi connectivity index (χ4n) is 7.56. The Kier molecular flexibility index (Phi) is 11.7. The summed E-state index contributed by atoms with van der Waals surface area (Å²) >= 11 is 0. The molecule has 9 aromatic rings. The molecular weight excluding hydrogens is 933 g/mol. The summed E-state index contributed by atoms with van der Waals surface area (Å²) in [5.74, 6) is -0.253. The highest BCUT2D eigenvalue weighted by Crippen LogP contribution is 2.41. The van der Waals surface area contributed by atoms with Gasteiger partial charge >= 0.3 is 0 Å². The van der Waals surface area contributed by atoms with Gasteiger partial charge in [-0.25, -0.2) is 0 Å². The number of phenols is 1. The van der Waals surface area contributed by atoms with Gasteiger partial charge in [0.2, 0.25) is 0 Å². The van der Waals surface area contributed by atoms with Crippen molar-refractivity contribution < 1.29 is 48.8 Å². The number of ketones is 1. The molecule has 0 aliphatic heterocycles. The van der Waals surface area contributed by atoms with Crippen LogP contribution in [0.1, 0.15) is 15.9 Å². The lowest BCUT2D eigenvalue weighted by Crippen LogP contribution is -2.03. The van der Waals surface area contributed by atoms with Gasteiger partial charge in [0.15, 0.2) is 11.5 Å². The van der Waals surface area contributed by atoms with Crippen molar-refractivity contribution in [1.82, 2.24) is 0 Å². The van der Waals surface area contributed by atoms with Crippen LogP contribution in [0.25, 0.3) is 43.1 Å². The summed E-state index contributed by atoms with van der Waals surface area (Å²) in [4.78, 5) is 11.6. The number of nitrogens with zero attached hydrogens (tertiary/aromatic N) is 6. The highest BCUT2D eigenvalue weighted by molar-refractivity contribution is 7.86. The third-order valence-electron chi connectivity index (χ3n) is 10.9. The fraction of sp³-hybridized carbons (Fsp3) is 0.0208. The van der Waals surface area contributed by atoms with E-state index >= 15 is 0 Å². The molecule has 4 N–H and O–H groups in total. The molecule has 17 nitrogen and oxygen atoms in total. The third-order valence-corrected chi connectivity index (χ3v) is 13.5. The fourth-order valence-corrected chi connectivity index (χ4v) is 9.28. The summed E-state index contributed by atoms with van der Waals surface area (Å²) in [6, 6.07) is 39.7. The smallest absolute Gasteiger partial charge is 0.295 e. The van der Waals surface area contributed by atoms with Gasteiger partial charge in [0.05, 0.1) is 38.2 Å². The number of hydrogen-bond donors (Lipinski definition) is 4. The SMILES string of the molecule is O=C(Cc1ccc2c(O)c(N=Nc3ccc(N=Nc4ccc(N=Nc5ccc6cccc(S(=O)(=O)O)c6c5)c5ccc(S(=O)(=O)O)cc45)c4ccc(S(=O)(=O)O)cc34)ccc2c1)c1ccccc1. The minimum Gasteiger partial charge on any atom is -0.505 e. The zero-order chi connectivity index (χ0) is 48.0. The number of benzene rings is 9. The molecule has 338 valence electrons. The zero-order valence-corrected chi connectivity index (χ0v) is 37.2. The number of azo groups is 3. The van der Waals surface area contributed by atoms with Crippen LogP contribution in [0.15, 0.2) is 203 Å². The second-order valence-electron chi connectivity index (χ2n) is 15.3. The monoisotopic (exact) mass is 964 g/mol. The van der Waals surface area contributed by atoms with Gasteiger partial charge in [0, 0.05) is 44.3 Å². The lowest BCUT2D eigenvalue weighted by Gasteiger charge is -2.09. The number of hydrogen-bond acceptors (Lipinski definition) is 14. The molecule has 9 rings (SSSR count). The van der Waals surface area contributed by atoms with E-state index in [1.807, 2.05) is 6.07 Å². The number of rotatable bonds is 12. The number of Topliss-reactive ketones (excluding diaryl/α,β-unsaturated/α-hetero) is 1. The Morgan fingerprint density at radius 2 is 0.926 bits per heavy atom. The molecule has 0 aliphatic rings. The molecule has 0 atom stereocenters. The van der Waals surface area contributed by atoms with Crippen molar-refractivity contribution >= 4 is 113 Å². The standard InChI is InChI=1S/C48H32N6O11S3/c55-46(30-5-2-1-3-6-30)24-28-9-15-35-31(23-28)11-18-45(48(35)56)54-53-44-22-20-42(37-17-14-34(27-40(37)44)67(60,61)62)51-52-43-21-19-41(36-16-13-33(26-39(36)43)66(57,58)59)50-49-32-12-10-29-7-4-8-47(38(29)25-32)68(63,64)65/h1-23,25-27,56H,24H2,(H,57,58,59)(H,60,61,62)(H,63,64,65). The van der Waals surface area contributed by atoms with E-state index in [0.717, 1.165) is 17.7 Å². The first-order valence-electron chi connectivity index (χ1n) is 20.1. The molecule has 0 unspecified atom stereocenters. The molecule has 0 aromatic heterocycles. The summed E-state index contributed by atoms with van der Waals surface area (Å²) < 4.78 is 103. The number of aromatic hydroxyl groups is 1. The summed E-state index contributed by atoms with van der Waals surface area (Å²) in [6.45, 7) is 0. The van der Waals surface area contributed by atoms with Gasteiger partial charge in [-0.3, -0.25) is 18.5 Å². The van der Waals surface area contributed by atoms with Crippen molar-refractivity contribution in [2.24, 2.45) is 30.7 Å². The number of carbonyl (C=O) groups excluding carboxylic acids is 1. The first-order valence-corrected chi connectivity index (χ1v) is 24.4. The van der Waals surface area contributed by atoms with Crippen molar-refractivity contribution in [3.05, 3.63) is 169 Å². The Morgan fingerprint density at radius 3 is 1.50 bits per heavy atom. The topological polar surface area (TPSA) is 275 Å². The maximum Gasteiger partial charge on any atom is 0.295 e. The molecule has 0 saturated heterocycles. The molecule has 0 heterocycles. The van der Waals surface area contributed by atoms with Crippen molar-refractivity contribution in [1.29, 1.82) is 0 Å². The van der Waals surface area contributed by atoms with Gasteiger partial charge in [-0.05, 0) is 89.1 Å². The molecule has 9 aromatic carbocycles. The summed E-state index contributed by atoms with van der Waals surface area (Å²) in [5.41, 5.74) is 2.27. The van der Waals surface area contributed by atoms with Crippen molar-refractivity contribution in [3.8, 4) is 5.75 Å². The van der Waals surface area contributed by atoms with Crippen LogP contribution in [0, 0.1) is 0 Å². The van der Waals surface area contributed by atoms with Gasteiger partial charge < -0.3 is 5.11 Å². The maximum atomic E-state index is 12.8. The second kappa shape index (κ2) is 17.7. The maximum absolute atomic E-state index is 12.8. The predicted molar refractivity (Wildman–Crippen MR) is 254 cm³/mol. The largest absolute Gasteiger partial charge is 0.505 e. The van der Waals surface area contributed by atoms with E-state index in [1.165, 1.54) is 72.8 Å². The normalized spacial score (nSPS) is 12.7. The first-order chi connectivity index (χ1) is 32.4. The number of carbonyl (C=O) groups is 1. The van der Waals surface area contributed by atoms with Crippen LogP contribution in [0.3, 0.4) is 0 Å². The lowest BCUT2D eigenvalue weighted by atomic mass is 9.99. The molecule has 0 amide bonds. The Hall–Kier alpha value is -7.98. The molecule has 0 saturated carbocycles. The highest BCUT2D eigenvalue weighted by atomic mass is 32.2. The van der Waals surface area contributed by atoms with Crippen LogP contribution in [0.5, 0.6) is 5.75 Å². The van der Waals surface area contributed by atoms with Crippen LogP contribution in [0.4, 0.5) is 34.1 Å². The Labute approximate surface area is 386 Å². The Morgan fingerprint density at radius 1 is 0.412 bits per heavy atom. The van der Waals surface area contributed by atoms with Crippen LogP contribution in [0.2, 0.25) is 0 Å². The lowest BCUT2D eigenvalue weighted by molar-refractivity contribution is 0.0993. The van der Waals surface area contributed by atoms with Crippen molar-refractivity contribution in [2.45, 2.75) is 21.1 Å². The summed E-state index contributed by atoms with van der Waals surface area (Å²) in [6.07, 6.45) is 0.155. The average Bonchev–Trinajstić information content (AvgIpc) is 3.31. The zero-order valence-electron chi connectivity index (χ0n) is 34.8. The molecule has 0 fully saturated rings. The summed E-state index contributed by atoms with van der Waals surface area (Å²) in [5, 5.41) is 40.0. The molecule has 0 aliphatic carbocycles. The second-order valence-corrected chi connectivity index (χ2v) is 19.5. The van der Waals surface area contributed by atoms with E-state index < -0.39 is 40.1 Å². The quantitative estimate of drug-likeness (QED) is 0.0507. The minimum absolute atomic E-state index is 0.0591. The van der Waals surface area contributed by atoms with Gasteiger partial charge in [0.25, 0.3) is 30.4 Å². The van der Waals surface area contributed by atoms with E-state index in [0.29, 0.717) is 32.5 Å². The molecular formula is C48H32N6O11S3. The van der Waals surface area contributed by atoms with Gasteiger partial charge in [-0.15, -0.1) is 25.6 Å². The average molecular weight is 965 g/mol. The molecule has 0 bridgehead atoms. The predicted octanol–water partition coefficient (Wildman–Crippen LogP) is 12.4. The van der Waals surface area contributed by atoms with Crippen molar-refractivity contribution in [3.63, 3.8) is 0 Å². The van der Waals surface area contributed by atoms with Gasteiger partial charge in [0.1, 0.15) is 10.6 Å². The van der Waals surface area contributed by atoms with E-state index in [9.17, 15) is 48.8 Å². The van der Waals surface area contributed by atoms with E-state index in [2.05, 4.69) is 30.7 Å². The molecule has 0 spiro atoms. The highest BCUT2D eigenvalue weighted by Gasteiger charge is 2.18. The molecule has 20 heteroatoms. The van der Waals surface area contributed by atoms with Crippen molar-refractivity contribution in [2.75, 3.05) is 0 Å².